The number of fused-ring (bicyclic) bond motifs is 1. The Balaban J connectivity index is 1.84. The number of anilines is 1. The number of hydrogen-bond acceptors (Lipinski definition) is 7. The number of H-pyrrole nitrogens is 1. The molecule has 0 spiro atoms. The van der Waals surface area contributed by atoms with Gasteiger partial charge in [0.25, 0.3) is 5.56 Å². The molecule has 10 nitrogen and oxygen atoms in total. The van der Waals surface area contributed by atoms with Crippen LogP contribution in [0.5, 0.6) is 0 Å². The molecule has 1 aliphatic rings. The number of aromatic nitrogens is 4. The van der Waals surface area contributed by atoms with Gasteiger partial charge in [-0.2, -0.15) is 4.98 Å². The molecule has 2 aromatic heterocycles. The summed E-state index contributed by atoms with van der Waals surface area (Å²) < 4.78 is 22.7. The van der Waals surface area contributed by atoms with Gasteiger partial charge in [-0.1, -0.05) is 0 Å². The van der Waals surface area contributed by atoms with Crippen molar-refractivity contribution in [3.05, 3.63) is 16.7 Å². The Labute approximate surface area is 125 Å². The molecule has 3 N–H and O–H groups in total. The molecule has 0 amide bonds. The first kappa shape index (κ1) is 15.0. The first-order valence-electron chi connectivity index (χ1n) is 6.67. The Morgan fingerprint density at radius 2 is 2.45 bits per heavy atom. The minimum atomic E-state index is -2.63. The van der Waals surface area contributed by atoms with Crippen molar-refractivity contribution in [1.29, 1.82) is 0 Å². The summed E-state index contributed by atoms with van der Waals surface area (Å²) in [5.41, 5.74) is 0.330. The molecule has 1 unspecified atom stereocenters. The highest BCUT2D eigenvalue weighted by Gasteiger charge is 2.30. The van der Waals surface area contributed by atoms with E-state index in [0.717, 1.165) is 0 Å². The first-order valence-corrected chi connectivity index (χ1v) is 7.80. The highest BCUT2D eigenvalue weighted by molar-refractivity contribution is 7.32. The first-order chi connectivity index (χ1) is 10.6. The van der Waals surface area contributed by atoms with Crippen molar-refractivity contribution in [3.63, 3.8) is 0 Å². The van der Waals surface area contributed by atoms with E-state index in [2.05, 4.69) is 24.8 Å². The van der Waals surface area contributed by atoms with Gasteiger partial charge in [0, 0.05) is 11.6 Å². The van der Waals surface area contributed by atoms with Gasteiger partial charge in [0.05, 0.1) is 12.4 Å². The quantitative estimate of drug-likeness (QED) is 0.676. The largest absolute Gasteiger partial charge is 0.694 e. The van der Waals surface area contributed by atoms with E-state index in [0.29, 0.717) is 24.4 Å². The lowest BCUT2D eigenvalue weighted by Crippen LogP contribution is -2.16. The summed E-state index contributed by atoms with van der Waals surface area (Å²) in [7, 11) is -0.977. The zero-order valence-electron chi connectivity index (χ0n) is 11.7. The second-order valence-corrected chi connectivity index (χ2v) is 5.55. The maximum absolute atomic E-state index is 11.9. The van der Waals surface area contributed by atoms with Gasteiger partial charge >= 0.3 is 8.25 Å². The fraction of sp³-hybridized carbons (Fsp3) is 0.545. The average molecular weight is 328 g/mol. The monoisotopic (exact) mass is 328 g/mol. The molecule has 11 heteroatoms. The van der Waals surface area contributed by atoms with Gasteiger partial charge in [0.1, 0.15) is 12.8 Å². The van der Waals surface area contributed by atoms with Crippen LogP contribution in [0, 0.1) is 0 Å². The van der Waals surface area contributed by atoms with Crippen molar-refractivity contribution < 1.29 is 18.7 Å². The maximum Gasteiger partial charge on any atom is 0.694 e. The van der Waals surface area contributed by atoms with Gasteiger partial charge in [0.2, 0.25) is 5.95 Å². The van der Waals surface area contributed by atoms with E-state index >= 15 is 0 Å². The Kier molecular flexibility index (Phi) is 4.16. The zero-order valence-corrected chi connectivity index (χ0v) is 12.6. The SMILES string of the molecule is CNc1nc2c(ncn2[C@H]2CC[C@@H](CO[P+](=O)O)O2)c(=O)[nH]1. The molecular weight excluding hydrogens is 313 g/mol. The number of nitrogens with zero attached hydrogens (tertiary/aromatic N) is 3. The van der Waals surface area contributed by atoms with Crippen molar-refractivity contribution >= 4 is 25.4 Å². The molecule has 0 aliphatic carbocycles. The molecule has 3 atom stereocenters. The van der Waals surface area contributed by atoms with E-state index in [9.17, 15) is 9.36 Å². The highest BCUT2D eigenvalue weighted by atomic mass is 31.1. The van der Waals surface area contributed by atoms with E-state index in [1.54, 1.807) is 11.6 Å². The lowest BCUT2D eigenvalue weighted by molar-refractivity contribution is -0.0162. The van der Waals surface area contributed by atoms with Crippen LogP contribution in [0.4, 0.5) is 5.95 Å². The Morgan fingerprint density at radius 3 is 3.18 bits per heavy atom. The van der Waals surface area contributed by atoms with E-state index in [1.807, 2.05) is 0 Å². The number of ether oxygens (including phenoxy) is 1. The third-order valence-corrected chi connectivity index (χ3v) is 3.81. The van der Waals surface area contributed by atoms with Crippen LogP contribution in [0.15, 0.2) is 11.1 Å². The van der Waals surface area contributed by atoms with Crippen molar-refractivity contribution in [2.75, 3.05) is 19.0 Å². The van der Waals surface area contributed by atoms with E-state index in [4.69, 9.17) is 9.63 Å². The molecule has 1 fully saturated rings. The minimum absolute atomic E-state index is 0.0462. The Bertz CT molecular complexity index is 759. The van der Waals surface area contributed by atoms with E-state index < -0.39 is 8.25 Å². The topological polar surface area (TPSA) is 131 Å². The lowest BCUT2D eigenvalue weighted by Gasteiger charge is -2.13. The molecule has 3 heterocycles. The standard InChI is InChI=1S/C11H14N5O5P/c1-12-11-14-9-8(10(17)15-11)13-5-16(9)7-3-2-6(21-7)4-20-22(18)19/h5-7H,2-4H2,1H3,(H2-,12,14,15,17,18,19)/p+1/t6-,7+/m0/s1. The number of hydrogen-bond donors (Lipinski definition) is 3. The number of aromatic amines is 1. The van der Waals surface area contributed by atoms with Gasteiger partial charge in [0.15, 0.2) is 11.2 Å². The third kappa shape index (κ3) is 2.86. The molecule has 0 saturated carbocycles. The summed E-state index contributed by atoms with van der Waals surface area (Å²) in [4.78, 5) is 31.5. The van der Waals surface area contributed by atoms with Crippen molar-refractivity contribution in [2.45, 2.75) is 25.2 Å². The summed E-state index contributed by atoms with van der Waals surface area (Å²) in [5.74, 6) is 0.342. The summed E-state index contributed by atoms with van der Waals surface area (Å²) in [6.07, 6.45) is 2.24. The molecule has 1 aliphatic heterocycles. The fourth-order valence-corrected chi connectivity index (χ4v) is 2.71. The van der Waals surface area contributed by atoms with Crippen LogP contribution >= 0.6 is 8.25 Å². The van der Waals surface area contributed by atoms with Crippen molar-refractivity contribution in [2.24, 2.45) is 0 Å². The number of rotatable bonds is 5. The second-order valence-electron chi connectivity index (χ2n) is 4.81. The summed E-state index contributed by atoms with van der Waals surface area (Å²) in [5, 5.41) is 2.78. The van der Waals surface area contributed by atoms with Gasteiger partial charge in [-0.3, -0.25) is 14.3 Å². The Hall–Kier alpha value is -1.87. The van der Waals surface area contributed by atoms with Crippen LogP contribution in [0.1, 0.15) is 19.1 Å². The highest BCUT2D eigenvalue weighted by Crippen LogP contribution is 2.31. The Morgan fingerprint density at radius 1 is 1.64 bits per heavy atom. The van der Waals surface area contributed by atoms with Gasteiger partial charge in [-0.05, 0) is 12.8 Å². The average Bonchev–Trinajstić information content (AvgIpc) is 3.11. The normalized spacial score (nSPS) is 22.2. The molecule has 0 aromatic carbocycles. The smallest absolute Gasteiger partial charge is 0.359 e. The molecule has 22 heavy (non-hydrogen) atoms. The number of nitrogens with one attached hydrogen (secondary N) is 2. The summed E-state index contributed by atoms with van der Waals surface area (Å²) in [6.45, 7) is 0.0462. The lowest BCUT2D eigenvalue weighted by atomic mass is 10.2. The van der Waals surface area contributed by atoms with Crippen LogP contribution in [0.2, 0.25) is 0 Å². The fourth-order valence-electron chi connectivity index (χ4n) is 2.42. The number of imidazole rings is 1. The second kappa shape index (κ2) is 6.09. The molecule has 0 bridgehead atoms. The zero-order chi connectivity index (χ0) is 15.7. The summed E-state index contributed by atoms with van der Waals surface area (Å²) >= 11 is 0. The van der Waals surface area contributed by atoms with E-state index in [1.165, 1.54) is 6.33 Å². The molecular formula is C11H15N5O5P+. The minimum Gasteiger partial charge on any atom is -0.359 e. The van der Waals surface area contributed by atoms with Crippen LogP contribution in [-0.4, -0.2) is 44.2 Å². The van der Waals surface area contributed by atoms with Crippen LogP contribution in [-0.2, 0) is 13.8 Å². The van der Waals surface area contributed by atoms with Gasteiger partial charge in [-0.25, -0.2) is 4.98 Å². The van der Waals surface area contributed by atoms with Crippen LogP contribution in [0.25, 0.3) is 11.2 Å². The maximum atomic E-state index is 11.9. The molecule has 2 aromatic rings. The third-order valence-electron chi connectivity index (χ3n) is 3.44. The predicted octanol–water partition coefficient (Wildman–Crippen LogP) is 0.505. The van der Waals surface area contributed by atoms with Crippen LogP contribution in [0.3, 0.4) is 0 Å². The van der Waals surface area contributed by atoms with E-state index in [-0.39, 0.29) is 30.0 Å². The van der Waals surface area contributed by atoms with Crippen molar-refractivity contribution in [1.82, 2.24) is 19.5 Å². The predicted molar refractivity (Wildman–Crippen MR) is 76.6 cm³/mol. The molecule has 0 radical (unpaired) electrons. The summed E-state index contributed by atoms with van der Waals surface area (Å²) in [6, 6.07) is 0. The van der Waals surface area contributed by atoms with Crippen LogP contribution < -0.4 is 10.9 Å². The van der Waals surface area contributed by atoms with Gasteiger partial charge in [-0.15, -0.1) is 9.42 Å². The molecule has 3 rings (SSSR count). The van der Waals surface area contributed by atoms with Crippen molar-refractivity contribution in [3.8, 4) is 0 Å². The molecule has 118 valence electrons. The van der Waals surface area contributed by atoms with Gasteiger partial charge < -0.3 is 10.1 Å². The molecule has 1 saturated heterocycles.